The first-order chi connectivity index (χ1) is 9.79. The van der Waals surface area contributed by atoms with Crippen molar-refractivity contribution in [1.29, 1.82) is 0 Å². The molecule has 0 aliphatic carbocycles. The third kappa shape index (κ3) is 8.15. The Morgan fingerprint density at radius 2 is 1.48 bits per heavy atom. The summed E-state index contributed by atoms with van der Waals surface area (Å²) in [5.41, 5.74) is -0.351. The molecule has 0 aliphatic heterocycles. The maximum Gasteiger partial charge on any atom is 0.317 e. The Bertz CT molecular complexity index is 248. The molecule has 0 saturated heterocycles. The van der Waals surface area contributed by atoms with E-state index in [9.17, 15) is 0 Å². The molecule has 1 atom stereocenters. The van der Waals surface area contributed by atoms with E-state index in [1.54, 1.807) is 0 Å². The molecule has 0 radical (unpaired) electrons. The van der Waals surface area contributed by atoms with Crippen molar-refractivity contribution in [3.8, 4) is 0 Å². The molecule has 21 heavy (non-hydrogen) atoms. The predicted molar refractivity (Wildman–Crippen MR) is 85.8 cm³/mol. The van der Waals surface area contributed by atoms with Gasteiger partial charge in [0.25, 0.3) is 0 Å². The van der Waals surface area contributed by atoms with Crippen LogP contribution in [0.25, 0.3) is 0 Å². The van der Waals surface area contributed by atoms with Crippen LogP contribution in [0.15, 0.2) is 0 Å². The monoisotopic (exact) mass is 304 g/mol. The molecule has 128 valence electrons. The zero-order valence-electron chi connectivity index (χ0n) is 15.2. The molecule has 0 aromatic carbocycles. The molecular weight excluding hydrogens is 268 g/mol. The fraction of sp³-hybridized carbons (Fsp3) is 1.00. The minimum atomic E-state index is -1.16. The van der Waals surface area contributed by atoms with Gasteiger partial charge in [0.2, 0.25) is 0 Å². The largest absolute Gasteiger partial charge is 0.325 e. The van der Waals surface area contributed by atoms with E-state index in [1.165, 1.54) is 0 Å². The Morgan fingerprint density at radius 3 is 1.95 bits per heavy atom. The van der Waals surface area contributed by atoms with Gasteiger partial charge in [-0.05, 0) is 26.7 Å². The molecular formula is C17H36O4. The van der Waals surface area contributed by atoms with Gasteiger partial charge in [-0.3, -0.25) is 0 Å². The van der Waals surface area contributed by atoms with E-state index >= 15 is 0 Å². The maximum absolute atomic E-state index is 5.99. The Kier molecular flexibility index (Phi) is 10.5. The van der Waals surface area contributed by atoms with Crippen molar-refractivity contribution < 1.29 is 19.2 Å². The van der Waals surface area contributed by atoms with Gasteiger partial charge in [-0.15, -0.1) is 0 Å². The molecule has 0 N–H and O–H groups in total. The first-order valence-electron chi connectivity index (χ1n) is 8.41. The summed E-state index contributed by atoms with van der Waals surface area (Å²) in [6.07, 6.45) is 5.30. The molecule has 0 bridgehead atoms. The molecule has 0 amide bonds. The van der Waals surface area contributed by atoms with Crippen molar-refractivity contribution in [3.63, 3.8) is 0 Å². The van der Waals surface area contributed by atoms with Gasteiger partial charge in [-0.25, -0.2) is 4.89 Å². The van der Waals surface area contributed by atoms with Crippen LogP contribution in [-0.4, -0.2) is 25.3 Å². The molecule has 0 heterocycles. The van der Waals surface area contributed by atoms with Gasteiger partial charge in [0.1, 0.15) is 0 Å². The van der Waals surface area contributed by atoms with E-state index in [4.69, 9.17) is 19.2 Å². The molecule has 1 unspecified atom stereocenters. The highest BCUT2D eigenvalue weighted by molar-refractivity contribution is 4.76. The van der Waals surface area contributed by atoms with Crippen molar-refractivity contribution in [2.75, 3.05) is 13.2 Å². The lowest BCUT2D eigenvalue weighted by Gasteiger charge is -2.42. The third-order valence-corrected chi connectivity index (χ3v) is 3.10. The van der Waals surface area contributed by atoms with Crippen LogP contribution < -0.4 is 0 Å². The lowest BCUT2D eigenvalue weighted by molar-refractivity contribution is -0.539. The average molecular weight is 304 g/mol. The predicted octanol–water partition coefficient (Wildman–Crippen LogP) is 5.07. The fourth-order valence-electron chi connectivity index (χ4n) is 1.79. The Hall–Kier alpha value is -0.160. The number of rotatable bonds is 12. The quantitative estimate of drug-likeness (QED) is 0.218. The van der Waals surface area contributed by atoms with Gasteiger partial charge in [0.05, 0.1) is 19.3 Å². The van der Waals surface area contributed by atoms with Crippen LogP contribution in [-0.2, 0) is 19.2 Å². The highest BCUT2D eigenvalue weighted by atomic mass is 17.3. The van der Waals surface area contributed by atoms with Gasteiger partial charge < -0.3 is 9.47 Å². The van der Waals surface area contributed by atoms with Crippen LogP contribution in [0.3, 0.4) is 0 Å². The summed E-state index contributed by atoms with van der Waals surface area (Å²) in [6, 6.07) is 0. The van der Waals surface area contributed by atoms with E-state index < -0.39 is 5.97 Å². The van der Waals surface area contributed by atoms with E-state index in [2.05, 4.69) is 13.8 Å². The average Bonchev–Trinajstić information content (AvgIpc) is 2.36. The second-order valence-corrected chi connectivity index (χ2v) is 6.79. The summed E-state index contributed by atoms with van der Waals surface area (Å²) in [4.78, 5) is 11.1. The minimum Gasteiger partial charge on any atom is -0.325 e. The zero-order valence-corrected chi connectivity index (χ0v) is 15.2. The third-order valence-electron chi connectivity index (χ3n) is 3.10. The van der Waals surface area contributed by atoms with Crippen LogP contribution in [0.2, 0.25) is 0 Å². The lowest BCUT2D eigenvalue weighted by atomic mass is 9.93. The summed E-state index contributed by atoms with van der Waals surface area (Å²) in [5, 5.41) is 0. The van der Waals surface area contributed by atoms with Crippen LogP contribution in [0.4, 0.5) is 0 Å². The minimum absolute atomic E-state index is 0.00917. The zero-order chi connectivity index (χ0) is 16.4. The van der Waals surface area contributed by atoms with Crippen LogP contribution in [0.1, 0.15) is 80.6 Å². The molecule has 0 aromatic rings. The van der Waals surface area contributed by atoms with E-state index in [0.29, 0.717) is 13.2 Å². The van der Waals surface area contributed by atoms with Crippen LogP contribution in [0.5, 0.6) is 0 Å². The fourth-order valence-corrected chi connectivity index (χ4v) is 1.79. The molecule has 0 spiro atoms. The first kappa shape index (κ1) is 20.8. The summed E-state index contributed by atoms with van der Waals surface area (Å²) in [7, 11) is 0. The topological polar surface area (TPSA) is 36.9 Å². The SMILES string of the molecule is CCCCCOOC(OCCCC)(OC(C)C)C(C)(C)C. The van der Waals surface area contributed by atoms with Crippen molar-refractivity contribution in [2.24, 2.45) is 5.41 Å². The summed E-state index contributed by atoms with van der Waals surface area (Å²) in [5.74, 6) is -1.16. The highest BCUT2D eigenvalue weighted by Gasteiger charge is 2.48. The van der Waals surface area contributed by atoms with Crippen LogP contribution >= 0.6 is 0 Å². The van der Waals surface area contributed by atoms with Crippen molar-refractivity contribution in [3.05, 3.63) is 0 Å². The van der Waals surface area contributed by atoms with E-state index in [-0.39, 0.29) is 11.5 Å². The summed E-state index contributed by atoms with van der Waals surface area (Å²) in [6.45, 7) is 15.5. The van der Waals surface area contributed by atoms with Crippen molar-refractivity contribution >= 4 is 0 Å². The lowest BCUT2D eigenvalue weighted by Crippen LogP contribution is -2.52. The standard InChI is InChI=1S/C17H36O4/c1-8-10-12-14-19-21-17(16(5,6)7,20-15(3)4)18-13-11-9-2/h15H,8-14H2,1-7H3. The van der Waals surface area contributed by atoms with Gasteiger partial charge in [0, 0.05) is 5.41 Å². The summed E-state index contributed by atoms with van der Waals surface area (Å²) >= 11 is 0. The number of hydrogen-bond acceptors (Lipinski definition) is 4. The normalized spacial score (nSPS) is 15.4. The molecule has 4 nitrogen and oxygen atoms in total. The molecule has 4 heteroatoms. The Balaban J connectivity index is 4.73. The van der Waals surface area contributed by atoms with Crippen LogP contribution in [0, 0.1) is 5.41 Å². The Morgan fingerprint density at radius 1 is 0.857 bits per heavy atom. The van der Waals surface area contributed by atoms with Crippen molar-refractivity contribution in [2.45, 2.75) is 92.6 Å². The van der Waals surface area contributed by atoms with Gasteiger partial charge in [-0.1, -0.05) is 53.9 Å². The van der Waals surface area contributed by atoms with E-state index in [0.717, 1.165) is 32.1 Å². The molecule has 0 aliphatic rings. The number of unbranched alkanes of at least 4 members (excludes halogenated alkanes) is 3. The summed E-state index contributed by atoms with van der Waals surface area (Å²) < 4.78 is 12.0. The van der Waals surface area contributed by atoms with Crippen molar-refractivity contribution in [1.82, 2.24) is 0 Å². The molecule has 0 rings (SSSR count). The number of ether oxygens (including phenoxy) is 2. The number of hydrogen-bond donors (Lipinski definition) is 0. The second kappa shape index (κ2) is 10.5. The smallest absolute Gasteiger partial charge is 0.317 e. The molecule has 0 fully saturated rings. The Labute approximate surface area is 131 Å². The van der Waals surface area contributed by atoms with Gasteiger partial charge >= 0.3 is 5.97 Å². The molecule has 0 aromatic heterocycles. The van der Waals surface area contributed by atoms with Gasteiger partial charge in [0.15, 0.2) is 0 Å². The highest BCUT2D eigenvalue weighted by Crippen LogP contribution is 2.37. The first-order valence-corrected chi connectivity index (χ1v) is 8.41. The van der Waals surface area contributed by atoms with Gasteiger partial charge in [-0.2, -0.15) is 4.89 Å². The molecule has 0 saturated carbocycles. The maximum atomic E-state index is 5.99. The second-order valence-electron chi connectivity index (χ2n) is 6.79. The van der Waals surface area contributed by atoms with E-state index in [1.807, 2.05) is 34.6 Å².